The third kappa shape index (κ3) is 3.63. The highest BCUT2D eigenvalue weighted by atomic mass is 35.5. The van der Waals surface area contributed by atoms with E-state index >= 15 is 0 Å². The lowest BCUT2D eigenvalue weighted by molar-refractivity contribution is 0.0685. The second-order valence-electron chi connectivity index (χ2n) is 5.39. The minimum Gasteiger partial charge on any atom is -0.477 e. The summed E-state index contributed by atoms with van der Waals surface area (Å²) in [6.45, 7) is 1.84. The molecule has 3 aromatic rings. The van der Waals surface area contributed by atoms with Gasteiger partial charge in [-0.3, -0.25) is 4.98 Å². The molecule has 0 radical (unpaired) electrons. The van der Waals surface area contributed by atoms with E-state index in [-0.39, 0.29) is 12.2 Å². The Balaban J connectivity index is 2.19. The molecule has 0 aliphatic heterocycles. The van der Waals surface area contributed by atoms with Crippen LogP contribution in [0.25, 0.3) is 11.4 Å². The molecule has 1 N–H and O–H groups in total. The fourth-order valence-electron chi connectivity index (χ4n) is 2.59. The van der Waals surface area contributed by atoms with Gasteiger partial charge in [0.15, 0.2) is 5.69 Å². The smallest absolute Gasteiger partial charge is 0.354 e. The Labute approximate surface area is 158 Å². The van der Waals surface area contributed by atoms with Gasteiger partial charge in [0.2, 0.25) is 0 Å². The van der Waals surface area contributed by atoms with Gasteiger partial charge in [-0.2, -0.15) is 0 Å². The number of halogens is 3. The van der Waals surface area contributed by atoms with Crippen molar-refractivity contribution in [3.8, 4) is 11.4 Å². The lowest BCUT2D eigenvalue weighted by Gasteiger charge is -2.12. The summed E-state index contributed by atoms with van der Waals surface area (Å²) in [6, 6.07) is 6.72. The molecular formula is C17H12Cl3N3O2. The van der Waals surface area contributed by atoms with E-state index in [2.05, 4.69) is 9.97 Å². The molecule has 2 heterocycles. The number of nitrogens with zero attached hydrogens (tertiary/aromatic N) is 3. The minimum atomic E-state index is -1.08. The van der Waals surface area contributed by atoms with Crippen LogP contribution in [0.3, 0.4) is 0 Å². The number of aromatic nitrogens is 3. The molecule has 0 spiro atoms. The number of rotatable bonds is 4. The first-order valence-electron chi connectivity index (χ1n) is 7.22. The van der Waals surface area contributed by atoms with Crippen LogP contribution in [0.1, 0.15) is 21.7 Å². The van der Waals surface area contributed by atoms with Gasteiger partial charge in [-0.15, -0.1) is 0 Å². The van der Waals surface area contributed by atoms with Crippen molar-refractivity contribution in [3.05, 3.63) is 68.7 Å². The standard InChI is InChI=1S/C17H12Cl3N3O2/c1-9-15(17(24)25)23(8-11-5-12(18)2-3-14(11)20)16(22-9)10-4-13(19)7-21-6-10/h2-7H,8H2,1H3,(H,24,25). The predicted octanol–water partition coefficient (Wildman–Crippen LogP) is 4.96. The number of pyridine rings is 1. The molecule has 0 bridgehead atoms. The van der Waals surface area contributed by atoms with Crippen LogP contribution < -0.4 is 0 Å². The van der Waals surface area contributed by atoms with Gasteiger partial charge in [0.05, 0.1) is 17.3 Å². The number of carbonyl (C=O) groups is 1. The number of hydrogen-bond acceptors (Lipinski definition) is 3. The zero-order valence-electron chi connectivity index (χ0n) is 13.0. The van der Waals surface area contributed by atoms with Gasteiger partial charge in [-0.1, -0.05) is 34.8 Å². The number of hydrogen-bond donors (Lipinski definition) is 1. The average Bonchev–Trinajstić information content (AvgIpc) is 2.87. The second-order valence-corrected chi connectivity index (χ2v) is 6.67. The van der Waals surface area contributed by atoms with Gasteiger partial charge in [0.25, 0.3) is 0 Å². The van der Waals surface area contributed by atoms with Gasteiger partial charge >= 0.3 is 5.97 Å². The molecule has 0 unspecified atom stereocenters. The van der Waals surface area contributed by atoms with Gasteiger partial charge in [-0.05, 0) is 36.8 Å². The quantitative estimate of drug-likeness (QED) is 0.677. The summed E-state index contributed by atoms with van der Waals surface area (Å²) in [5.41, 5.74) is 1.76. The zero-order valence-corrected chi connectivity index (χ0v) is 15.3. The van der Waals surface area contributed by atoms with Crippen LogP contribution in [0.5, 0.6) is 0 Å². The topological polar surface area (TPSA) is 68.0 Å². The van der Waals surface area contributed by atoms with Crippen LogP contribution in [0.2, 0.25) is 15.1 Å². The summed E-state index contributed by atoms with van der Waals surface area (Å²) in [6.07, 6.45) is 3.08. The molecule has 3 rings (SSSR count). The van der Waals surface area contributed by atoms with E-state index in [4.69, 9.17) is 34.8 Å². The summed E-state index contributed by atoms with van der Waals surface area (Å²) in [7, 11) is 0. The second kappa shape index (κ2) is 7.04. The van der Waals surface area contributed by atoms with Gasteiger partial charge in [-0.25, -0.2) is 9.78 Å². The summed E-state index contributed by atoms with van der Waals surface area (Å²) in [5, 5.41) is 11.0. The van der Waals surface area contributed by atoms with Crippen LogP contribution in [-0.4, -0.2) is 25.6 Å². The van der Waals surface area contributed by atoms with Crippen LogP contribution in [0.4, 0.5) is 0 Å². The molecule has 25 heavy (non-hydrogen) atoms. The molecule has 0 aliphatic rings. The van der Waals surface area contributed by atoms with Crippen LogP contribution in [0, 0.1) is 6.92 Å². The molecule has 5 nitrogen and oxygen atoms in total. The monoisotopic (exact) mass is 395 g/mol. The Morgan fingerprint density at radius 2 is 1.92 bits per heavy atom. The Morgan fingerprint density at radius 3 is 2.60 bits per heavy atom. The van der Waals surface area contributed by atoms with Gasteiger partial charge < -0.3 is 9.67 Å². The lowest BCUT2D eigenvalue weighted by Crippen LogP contribution is -2.12. The molecule has 8 heteroatoms. The molecule has 0 saturated heterocycles. The maximum Gasteiger partial charge on any atom is 0.354 e. The van der Waals surface area contributed by atoms with Crippen LogP contribution >= 0.6 is 34.8 Å². The summed E-state index contributed by atoms with van der Waals surface area (Å²) in [5.74, 6) is -0.634. The highest BCUT2D eigenvalue weighted by molar-refractivity contribution is 6.33. The summed E-state index contributed by atoms with van der Waals surface area (Å²) in [4.78, 5) is 20.2. The Kier molecular flexibility index (Phi) is 4.99. The third-order valence-corrected chi connectivity index (χ3v) is 4.45. The number of carboxylic acid groups (broad SMARTS) is 1. The first kappa shape index (κ1) is 17.7. The molecule has 0 aliphatic carbocycles. The molecule has 1 aromatic carbocycles. The minimum absolute atomic E-state index is 0.0750. The Morgan fingerprint density at radius 1 is 1.16 bits per heavy atom. The van der Waals surface area contributed by atoms with E-state index < -0.39 is 5.97 Å². The molecular weight excluding hydrogens is 385 g/mol. The zero-order chi connectivity index (χ0) is 18.1. The fourth-order valence-corrected chi connectivity index (χ4v) is 3.13. The SMILES string of the molecule is Cc1nc(-c2cncc(Cl)c2)n(Cc2cc(Cl)ccc2Cl)c1C(=O)O. The van der Waals surface area contributed by atoms with Crippen molar-refractivity contribution in [3.63, 3.8) is 0 Å². The van der Waals surface area contributed by atoms with Crippen molar-refractivity contribution in [1.29, 1.82) is 0 Å². The number of carboxylic acids is 1. The average molecular weight is 397 g/mol. The third-order valence-electron chi connectivity index (χ3n) is 3.64. The number of benzene rings is 1. The van der Waals surface area contributed by atoms with Crippen molar-refractivity contribution >= 4 is 40.8 Å². The van der Waals surface area contributed by atoms with Crippen molar-refractivity contribution in [2.75, 3.05) is 0 Å². The summed E-state index contributed by atoms with van der Waals surface area (Å²) >= 11 is 18.3. The molecule has 0 atom stereocenters. The Bertz CT molecular complexity index is 970. The van der Waals surface area contributed by atoms with Crippen molar-refractivity contribution < 1.29 is 9.90 Å². The van der Waals surface area contributed by atoms with Crippen LogP contribution in [0.15, 0.2) is 36.7 Å². The first-order chi connectivity index (χ1) is 11.9. The van der Waals surface area contributed by atoms with E-state index in [1.54, 1.807) is 42.0 Å². The predicted molar refractivity (Wildman–Crippen MR) is 97.7 cm³/mol. The van der Waals surface area contributed by atoms with E-state index in [9.17, 15) is 9.90 Å². The molecule has 2 aromatic heterocycles. The highest BCUT2D eigenvalue weighted by Crippen LogP contribution is 2.28. The van der Waals surface area contributed by atoms with E-state index in [1.807, 2.05) is 0 Å². The number of aromatic carboxylic acids is 1. The van der Waals surface area contributed by atoms with Crippen molar-refractivity contribution in [2.24, 2.45) is 0 Å². The highest BCUT2D eigenvalue weighted by Gasteiger charge is 2.22. The molecule has 0 amide bonds. The lowest BCUT2D eigenvalue weighted by atomic mass is 10.2. The molecule has 0 saturated carbocycles. The van der Waals surface area contributed by atoms with E-state index in [1.165, 1.54) is 6.20 Å². The fraction of sp³-hybridized carbons (Fsp3) is 0.118. The normalized spacial score (nSPS) is 10.9. The van der Waals surface area contributed by atoms with Gasteiger partial charge in [0.1, 0.15) is 5.82 Å². The van der Waals surface area contributed by atoms with Crippen molar-refractivity contribution in [1.82, 2.24) is 14.5 Å². The summed E-state index contributed by atoms with van der Waals surface area (Å²) < 4.78 is 1.57. The van der Waals surface area contributed by atoms with E-state index in [0.29, 0.717) is 37.7 Å². The van der Waals surface area contributed by atoms with E-state index in [0.717, 1.165) is 0 Å². The molecule has 128 valence electrons. The first-order valence-corrected chi connectivity index (χ1v) is 8.35. The molecule has 0 fully saturated rings. The van der Waals surface area contributed by atoms with Gasteiger partial charge in [0, 0.05) is 28.0 Å². The van der Waals surface area contributed by atoms with Crippen molar-refractivity contribution in [2.45, 2.75) is 13.5 Å². The maximum absolute atomic E-state index is 11.7. The number of imidazole rings is 1. The van der Waals surface area contributed by atoms with Crippen LogP contribution in [-0.2, 0) is 6.54 Å². The largest absolute Gasteiger partial charge is 0.477 e. The Hall–Kier alpha value is -2.08. The number of aryl methyl sites for hydroxylation is 1. The maximum atomic E-state index is 11.7.